The normalized spacial score (nSPS) is 13.6. The van der Waals surface area contributed by atoms with Crippen LogP contribution in [0.3, 0.4) is 0 Å². The number of anilines is 1. The Hall–Kier alpha value is -3.14. The van der Waals surface area contributed by atoms with E-state index in [0.717, 1.165) is 18.6 Å². The summed E-state index contributed by atoms with van der Waals surface area (Å²) in [6, 6.07) is 5.18. The van der Waals surface area contributed by atoms with Crippen molar-refractivity contribution >= 4 is 16.7 Å². The summed E-state index contributed by atoms with van der Waals surface area (Å²) in [6.45, 7) is 5.60. The minimum absolute atomic E-state index is 0.108. The molecule has 0 fully saturated rings. The molecule has 0 spiro atoms. The number of ether oxygens (including phenoxy) is 3. The molecule has 0 aliphatic heterocycles. The fourth-order valence-electron chi connectivity index (χ4n) is 3.48. The Morgan fingerprint density at radius 2 is 1.76 bits per heavy atom. The van der Waals surface area contributed by atoms with Gasteiger partial charge in [0, 0.05) is 18.6 Å². The number of nitrogens with zero attached hydrogens (tertiary/aromatic N) is 2. The molecular weight excluding hydrogens is 454 g/mol. The molecular formula is C24H27F4N3O3. The van der Waals surface area contributed by atoms with Gasteiger partial charge in [-0.15, -0.1) is 0 Å². The largest absolute Gasteiger partial charge is 0.493 e. The zero-order valence-corrected chi connectivity index (χ0v) is 19.6. The highest BCUT2D eigenvalue weighted by molar-refractivity contribution is 5.92. The van der Waals surface area contributed by atoms with Crippen molar-refractivity contribution in [2.45, 2.75) is 45.5 Å². The van der Waals surface area contributed by atoms with Crippen molar-refractivity contribution in [3.63, 3.8) is 0 Å². The number of hydrogen-bond acceptors (Lipinski definition) is 6. The predicted molar refractivity (Wildman–Crippen MR) is 121 cm³/mol. The molecule has 0 bridgehead atoms. The molecule has 3 aromatic rings. The van der Waals surface area contributed by atoms with Gasteiger partial charge in [0.1, 0.15) is 24.1 Å². The van der Waals surface area contributed by atoms with Crippen LogP contribution in [0.5, 0.6) is 11.5 Å². The molecule has 2 atom stereocenters. The van der Waals surface area contributed by atoms with E-state index in [9.17, 15) is 17.6 Å². The van der Waals surface area contributed by atoms with Crippen molar-refractivity contribution in [2.75, 3.05) is 26.1 Å². The Kier molecular flexibility index (Phi) is 7.81. The van der Waals surface area contributed by atoms with Crippen molar-refractivity contribution in [1.29, 1.82) is 0 Å². The van der Waals surface area contributed by atoms with E-state index in [1.165, 1.54) is 7.11 Å². The molecule has 0 radical (unpaired) electrons. The van der Waals surface area contributed by atoms with E-state index in [-0.39, 0.29) is 11.7 Å². The van der Waals surface area contributed by atoms with Gasteiger partial charge >= 0.3 is 6.18 Å². The summed E-state index contributed by atoms with van der Waals surface area (Å²) in [7, 11) is 3.12. The fourth-order valence-corrected chi connectivity index (χ4v) is 3.48. The summed E-state index contributed by atoms with van der Waals surface area (Å²) in [5, 5.41) is 3.67. The third kappa shape index (κ3) is 5.85. The molecule has 1 aromatic heterocycles. The zero-order chi connectivity index (χ0) is 25.0. The van der Waals surface area contributed by atoms with Crippen molar-refractivity contribution in [2.24, 2.45) is 0 Å². The van der Waals surface area contributed by atoms with Crippen LogP contribution in [0.2, 0.25) is 0 Å². The van der Waals surface area contributed by atoms with E-state index in [2.05, 4.69) is 15.3 Å². The number of nitrogens with one attached hydrogen (secondary N) is 1. The van der Waals surface area contributed by atoms with Crippen LogP contribution < -0.4 is 14.8 Å². The highest BCUT2D eigenvalue weighted by Crippen LogP contribution is 2.36. The lowest BCUT2D eigenvalue weighted by Gasteiger charge is -2.20. The topological polar surface area (TPSA) is 65.5 Å². The van der Waals surface area contributed by atoms with Gasteiger partial charge in [0.25, 0.3) is 0 Å². The monoisotopic (exact) mass is 481 g/mol. The minimum atomic E-state index is -4.66. The van der Waals surface area contributed by atoms with Gasteiger partial charge in [0.05, 0.1) is 30.3 Å². The number of aromatic nitrogens is 2. The minimum Gasteiger partial charge on any atom is -0.493 e. The Bertz CT molecular complexity index is 1150. The molecule has 0 aliphatic carbocycles. The van der Waals surface area contributed by atoms with Crippen LogP contribution in [0, 0.1) is 12.7 Å². The van der Waals surface area contributed by atoms with E-state index >= 15 is 0 Å². The van der Waals surface area contributed by atoms with Gasteiger partial charge < -0.3 is 19.5 Å². The quantitative estimate of drug-likeness (QED) is 0.374. The molecule has 1 heterocycles. The molecule has 34 heavy (non-hydrogen) atoms. The van der Waals surface area contributed by atoms with Gasteiger partial charge in [-0.1, -0.05) is 6.92 Å². The lowest BCUT2D eigenvalue weighted by Crippen LogP contribution is -2.19. The van der Waals surface area contributed by atoms with E-state index in [1.54, 1.807) is 33.1 Å². The van der Waals surface area contributed by atoms with Crippen LogP contribution in [0.4, 0.5) is 23.4 Å². The Labute approximate surface area is 195 Å². The molecule has 1 N–H and O–H groups in total. The van der Waals surface area contributed by atoms with Crippen LogP contribution in [0.25, 0.3) is 10.9 Å². The number of fused-ring (bicyclic) bond motifs is 1. The maximum atomic E-state index is 13.9. The summed E-state index contributed by atoms with van der Waals surface area (Å²) in [6.07, 6.45) is -4.01. The second-order valence-corrected chi connectivity index (χ2v) is 7.85. The Morgan fingerprint density at radius 3 is 2.38 bits per heavy atom. The standard InChI is InChI=1S/C24H27F4N3O3/c1-6-18(32-4)12-34-22-10-19-20(11-21(22)33-5)30-14(3)31-23(19)29-13(2)15-7-16(24(26,27)28)9-17(25)8-15/h7-11,13,18H,6,12H2,1-5H3,(H,29,30,31)/t13-,18?/m1/s1. The summed E-state index contributed by atoms with van der Waals surface area (Å²) in [4.78, 5) is 8.86. The summed E-state index contributed by atoms with van der Waals surface area (Å²) >= 11 is 0. The molecule has 2 aromatic carbocycles. The number of benzene rings is 2. The fraction of sp³-hybridized carbons (Fsp3) is 0.417. The van der Waals surface area contributed by atoms with E-state index in [1.807, 2.05) is 6.92 Å². The van der Waals surface area contributed by atoms with E-state index < -0.39 is 23.6 Å². The first-order valence-electron chi connectivity index (χ1n) is 10.7. The number of rotatable bonds is 9. The maximum Gasteiger partial charge on any atom is 0.416 e. The Morgan fingerprint density at radius 1 is 1.03 bits per heavy atom. The highest BCUT2D eigenvalue weighted by Gasteiger charge is 2.32. The number of halogens is 4. The number of methoxy groups -OCH3 is 2. The van der Waals surface area contributed by atoms with Crippen LogP contribution in [0.15, 0.2) is 30.3 Å². The molecule has 10 heteroatoms. The van der Waals surface area contributed by atoms with Crippen LogP contribution in [-0.2, 0) is 10.9 Å². The highest BCUT2D eigenvalue weighted by atomic mass is 19.4. The van der Waals surface area contributed by atoms with Gasteiger partial charge in [-0.3, -0.25) is 0 Å². The number of aryl methyl sites for hydroxylation is 1. The molecule has 3 rings (SSSR count). The summed E-state index contributed by atoms with van der Waals surface area (Å²) in [5.41, 5.74) is -0.364. The van der Waals surface area contributed by atoms with E-state index in [0.29, 0.717) is 46.7 Å². The first kappa shape index (κ1) is 25.5. The van der Waals surface area contributed by atoms with Crippen molar-refractivity contribution < 1.29 is 31.8 Å². The first-order valence-corrected chi connectivity index (χ1v) is 10.7. The van der Waals surface area contributed by atoms with Gasteiger partial charge in [0.2, 0.25) is 0 Å². The number of hydrogen-bond donors (Lipinski definition) is 1. The molecule has 184 valence electrons. The Balaban J connectivity index is 2.00. The summed E-state index contributed by atoms with van der Waals surface area (Å²) in [5.74, 6) is 0.762. The van der Waals surface area contributed by atoms with E-state index in [4.69, 9.17) is 14.2 Å². The smallest absolute Gasteiger partial charge is 0.416 e. The van der Waals surface area contributed by atoms with Gasteiger partial charge in [-0.2, -0.15) is 13.2 Å². The van der Waals surface area contributed by atoms with Gasteiger partial charge in [-0.25, -0.2) is 14.4 Å². The predicted octanol–water partition coefficient (Wildman–Crippen LogP) is 6.08. The SMILES string of the molecule is CCC(COc1cc2c(N[C@H](C)c3cc(F)cc(C(F)(F)F)c3)nc(C)nc2cc1OC)OC. The molecule has 1 unspecified atom stereocenters. The van der Waals surface area contributed by atoms with Crippen LogP contribution in [-0.4, -0.2) is 36.9 Å². The average molecular weight is 481 g/mol. The molecule has 0 saturated heterocycles. The first-order chi connectivity index (χ1) is 16.0. The van der Waals surface area contributed by atoms with Crippen molar-refractivity contribution in [1.82, 2.24) is 9.97 Å². The summed E-state index contributed by atoms with van der Waals surface area (Å²) < 4.78 is 70.1. The molecule has 6 nitrogen and oxygen atoms in total. The third-order valence-corrected chi connectivity index (χ3v) is 5.41. The van der Waals surface area contributed by atoms with Crippen LogP contribution in [0.1, 0.15) is 43.3 Å². The zero-order valence-electron chi connectivity index (χ0n) is 19.6. The second-order valence-electron chi connectivity index (χ2n) is 7.85. The van der Waals surface area contributed by atoms with Crippen molar-refractivity contribution in [3.05, 3.63) is 53.1 Å². The molecule has 0 saturated carbocycles. The average Bonchev–Trinajstić information content (AvgIpc) is 2.78. The van der Waals surface area contributed by atoms with Gasteiger partial charge in [-0.05, 0) is 50.1 Å². The van der Waals surface area contributed by atoms with Gasteiger partial charge in [0.15, 0.2) is 11.5 Å². The maximum absolute atomic E-state index is 13.9. The molecule has 0 amide bonds. The van der Waals surface area contributed by atoms with Crippen molar-refractivity contribution in [3.8, 4) is 11.5 Å². The third-order valence-electron chi connectivity index (χ3n) is 5.41. The van der Waals surface area contributed by atoms with Crippen LogP contribution >= 0.6 is 0 Å². The number of alkyl halides is 3. The molecule has 0 aliphatic rings. The lowest BCUT2D eigenvalue weighted by atomic mass is 10.0. The lowest BCUT2D eigenvalue weighted by molar-refractivity contribution is -0.137. The second kappa shape index (κ2) is 10.4.